The quantitative estimate of drug-likeness (QED) is 0.505. The van der Waals surface area contributed by atoms with Gasteiger partial charge in [0.05, 0.1) is 5.56 Å². The van der Waals surface area contributed by atoms with Crippen LogP contribution in [0.5, 0.6) is 0 Å². The van der Waals surface area contributed by atoms with Gasteiger partial charge in [-0.2, -0.15) is 19.9 Å². The third-order valence-electron chi connectivity index (χ3n) is 5.39. The van der Waals surface area contributed by atoms with Crippen LogP contribution in [0.2, 0.25) is 0 Å². The van der Waals surface area contributed by atoms with Gasteiger partial charge in [-0.15, -0.1) is 0 Å². The Morgan fingerprint density at radius 2 is 1.72 bits per heavy atom. The minimum absolute atomic E-state index is 0.0756. The molecule has 1 aliphatic heterocycles. The summed E-state index contributed by atoms with van der Waals surface area (Å²) >= 11 is 0. The molecule has 1 fully saturated rings. The van der Waals surface area contributed by atoms with E-state index in [1.54, 1.807) is 6.20 Å². The van der Waals surface area contributed by atoms with Gasteiger partial charge >= 0.3 is 0 Å². The molecule has 1 saturated heterocycles. The van der Waals surface area contributed by atoms with Crippen molar-refractivity contribution in [2.24, 2.45) is 0 Å². The molecule has 32 heavy (non-hydrogen) atoms. The van der Waals surface area contributed by atoms with Crippen molar-refractivity contribution >= 4 is 23.4 Å². The third kappa shape index (κ3) is 4.07. The van der Waals surface area contributed by atoms with Gasteiger partial charge in [0.2, 0.25) is 23.5 Å². The zero-order valence-electron chi connectivity index (χ0n) is 17.7. The minimum atomic E-state index is 0.0756. The standard InChI is InChI=1S/C22H23N9O/c1-30(16-8-4-2-5-9-16)22-27-18(26-21(23)28-22)19-25-20(32-29-19)15-10-11-17(24-14-15)31-12-6-3-7-13-31/h2,4-5,8-11,14H,3,6-7,12-13H2,1H3,(H2,23,26,27,28). The van der Waals surface area contributed by atoms with Gasteiger partial charge in [-0.05, 0) is 43.5 Å². The second-order valence-electron chi connectivity index (χ2n) is 7.59. The summed E-state index contributed by atoms with van der Waals surface area (Å²) in [7, 11) is 1.85. The van der Waals surface area contributed by atoms with E-state index in [1.807, 2.05) is 54.4 Å². The van der Waals surface area contributed by atoms with Crippen molar-refractivity contribution in [3.63, 3.8) is 0 Å². The number of rotatable bonds is 5. The lowest BCUT2D eigenvalue weighted by molar-refractivity contribution is 0.431. The summed E-state index contributed by atoms with van der Waals surface area (Å²) in [6.45, 7) is 2.08. The number of aromatic nitrogens is 6. The van der Waals surface area contributed by atoms with Gasteiger partial charge in [0.15, 0.2) is 0 Å². The molecule has 0 radical (unpaired) electrons. The number of hydrogen-bond donors (Lipinski definition) is 1. The number of pyridine rings is 1. The van der Waals surface area contributed by atoms with Crippen molar-refractivity contribution in [2.45, 2.75) is 19.3 Å². The van der Waals surface area contributed by atoms with Gasteiger partial charge in [-0.25, -0.2) is 4.98 Å². The van der Waals surface area contributed by atoms with Crippen LogP contribution in [0.25, 0.3) is 23.1 Å². The molecule has 0 saturated carbocycles. The van der Waals surface area contributed by atoms with E-state index in [4.69, 9.17) is 10.3 Å². The molecule has 162 valence electrons. The van der Waals surface area contributed by atoms with E-state index in [0.717, 1.165) is 30.2 Å². The number of nitrogens with zero attached hydrogens (tertiary/aromatic N) is 8. The van der Waals surface area contributed by atoms with Crippen LogP contribution in [0.1, 0.15) is 19.3 Å². The highest BCUT2D eigenvalue weighted by molar-refractivity contribution is 5.61. The third-order valence-corrected chi connectivity index (χ3v) is 5.39. The number of nitrogen functional groups attached to an aromatic ring is 1. The Balaban J connectivity index is 1.39. The van der Waals surface area contributed by atoms with E-state index in [9.17, 15) is 0 Å². The van der Waals surface area contributed by atoms with Crippen molar-refractivity contribution in [3.8, 4) is 23.1 Å². The smallest absolute Gasteiger partial charge is 0.259 e. The maximum absolute atomic E-state index is 5.93. The van der Waals surface area contributed by atoms with E-state index in [-0.39, 0.29) is 17.6 Å². The summed E-state index contributed by atoms with van der Waals surface area (Å²) in [6.07, 6.45) is 5.43. The van der Waals surface area contributed by atoms with E-state index in [1.165, 1.54) is 19.3 Å². The summed E-state index contributed by atoms with van der Waals surface area (Å²) in [5, 5.41) is 4.04. The summed E-state index contributed by atoms with van der Waals surface area (Å²) in [4.78, 5) is 26.0. The van der Waals surface area contributed by atoms with E-state index in [2.05, 4.69) is 35.0 Å². The van der Waals surface area contributed by atoms with Crippen LogP contribution in [0.3, 0.4) is 0 Å². The van der Waals surface area contributed by atoms with Gasteiger partial charge in [-0.3, -0.25) is 0 Å². The molecule has 0 amide bonds. The van der Waals surface area contributed by atoms with Crippen LogP contribution in [0, 0.1) is 0 Å². The number of hydrogen-bond acceptors (Lipinski definition) is 10. The highest BCUT2D eigenvalue weighted by Gasteiger charge is 2.18. The van der Waals surface area contributed by atoms with Crippen LogP contribution < -0.4 is 15.5 Å². The van der Waals surface area contributed by atoms with Crippen molar-refractivity contribution in [1.29, 1.82) is 0 Å². The lowest BCUT2D eigenvalue weighted by Crippen LogP contribution is -2.29. The Kier molecular flexibility index (Phi) is 5.32. The van der Waals surface area contributed by atoms with Gasteiger partial charge in [0.1, 0.15) is 5.82 Å². The predicted octanol–water partition coefficient (Wildman–Crippen LogP) is 3.32. The number of nitrogens with two attached hydrogens (primary N) is 1. The molecule has 2 N–H and O–H groups in total. The molecule has 0 bridgehead atoms. The second-order valence-corrected chi connectivity index (χ2v) is 7.59. The average Bonchev–Trinajstić information content (AvgIpc) is 3.35. The summed E-state index contributed by atoms with van der Waals surface area (Å²) < 4.78 is 5.45. The first-order valence-electron chi connectivity index (χ1n) is 10.5. The molecular formula is C22H23N9O. The molecule has 0 aliphatic carbocycles. The number of para-hydroxylation sites is 1. The molecule has 0 spiro atoms. The normalized spacial score (nSPS) is 13.8. The molecule has 10 heteroatoms. The summed E-state index contributed by atoms with van der Waals surface area (Å²) in [5.74, 6) is 2.24. The summed E-state index contributed by atoms with van der Waals surface area (Å²) in [5.41, 5.74) is 7.57. The Bertz CT molecular complexity index is 1190. The van der Waals surface area contributed by atoms with E-state index in [0.29, 0.717) is 11.8 Å². The predicted molar refractivity (Wildman–Crippen MR) is 121 cm³/mol. The Morgan fingerprint density at radius 3 is 2.47 bits per heavy atom. The molecular weight excluding hydrogens is 406 g/mol. The fourth-order valence-electron chi connectivity index (χ4n) is 3.65. The van der Waals surface area contributed by atoms with Crippen molar-refractivity contribution in [3.05, 3.63) is 48.7 Å². The largest absolute Gasteiger partial charge is 0.368 e. The maximum atomic E-state index is 5.93. The molecule has 1 aliphatic rings. The number of benzene rings is 1. The molecule has 1 aromatic carbocycles. The van der Waals surface area contributed by atoms with Crippen molar-refractivity contribution < 1.29 is 4.52 Å². The molecule has 0 atom stereocenters. The first-order chi connectivity index (χ1) is 15.7. The Morgan fingerprint density at radius 1 is 0.906 bits per heavy atom. The molecule has 4 aromatic rings. The summed E-state index contributed by atoms with van der Waals surface area (Å²) in [6, 6.07) is 13.6. The number of anilines is 4. The maximum Gasteiger partial charge on any atom is 0.259 e. The van der Waals surface area contributed by atoms with Gasteiger partial charge in [-0.1, -0.05) is 23.4 Å². The van der Waals surface area contributed by atoms with Crippen LogP contribution >= 0.6 is 0 Å². The van der Waals surface area contributed by atoms with Crippen LogP contribution in [0.15, 0.2) is 53.2 Å². The lowest BCUT2D eigenvalue weighted by Gasteiger charge is -2.27. The molecule has 10 nitrogen and oxygen atoms in total. The number of piperidine rings is 1. The van der Waals surface area contributed by atoms with Crippen LogP contribution in [0.4, 0.5) is 23.4 Å². The van der Waals surface area contributed by atoms with E-state index >= 15 is 0 Å². The second kappa shape index (κ2) is 8.58. The molecule has 5 rings (SSSR count). The topological polar surface area (TPSA) is 123 Å². The zero-order valence-corrected chi connectivity index (χ0v) is 17.7. The molecule has 0 unspecified atom stereocenters. The highest BCUT2D eigenvalue weighted by atomic mass is 16.5. The lowest BCUT2D eigenvalue weighted by atomic mass is 10.1. The average molecular weight is 429 g/mol. The zero-order chi connectivity index (χ0) is 21.9. The first-order valence-corrected chi connectivity index (χ1v) is 10.5. The van der Waals surface area contributed by atoms with Gasteiger partial charge in [0, 0.05) is 32.0 Å². The first kappa shape index (κ1) is 19.9. The monoisotopic (exact) mass is 429 g/mol. The highest BCUT2D eigenvalue weighted by Crippen LogP contribution is 2.25. The molecule has 4 heterocycles. The van der Waals surface area contributed by atoms with Gasteiger partial charge < -0.3 is 20.1 Å². The molecule has 3 aromatic heterocycles. The fourth-order valence-corrected chi connectivity index (χ4v) is 3.65. The van der Waals surface area contributed by atoms with Crippen molar-refractivity contribution in [1.82, 2.24) is 30.1 Å². The van der Waals surface area contributed by atoms with Crippen LogP contribution in [-0.2, 0) is 0 Å². The van der Waals surface area contributed by atoms with Crippen molar-refractivity contribution in [2.75, 3.05) is 35.7 Å². The van der Waals surface area contributed by atoms with Gasteiger partial charge in [0.25, 0.3) is 5.89 Å². The van der Waals surface area contributed by atoms with E-state index < -0.39 is 0 Å². The Labute approximate surface area is 185 Å². The van der Waals surface area contributed by atoms with Crippen LogP contribution in [-0.4, -0.2) is 50.2 Å². The SMILES string of the molecule is CN(c1ccccc1)c1nc(N)nc(-c2noc(-c3ccc(N4CCCCC4)nc3)n2)n1. The Hall–Kier alpha value is -4.08. The minimum Gasteiger partial charge on any atom is -0.368 e. The fraction of sp³-hybridized carbons (Fsp3) is 0.273.